The average molecular weight is 238 g/mol. The predicted octanol–water partition coefficient (Wildman–Crippen LogP) is 2.77. The van der Waals surface area contributed by atoms with Gasteiger partial charge in [-0.2, -0.15) is 0 Å². The van der Waals surface area contributed by atoms with Crippen LogP contribution in [0.1, 0.15) is 26.3 Å². The molecule has 0 saturated heterocycles. The molecule has 1 aromatic rings. The van der Waals surface area contributed by atoms with E-state index in [4.69, 9.17) is 0 Å². The van der Waals surface area contributed by atoms with Crippen LogP contribution in [-0.4, -0.2) is 23.5 Å². The molecule has 4 heteroatoms. The fraction of sp³-hybridized carbons (Fsp3) is 0.462. The van der Waals surface area contributed by atoms with Gasteiger partial charge < -0.3 is 10.2 Å². The molecule has 0 radical (unpaired) electrons. The largest absolute Gasteiger partial charge is 0.333 e. The molecule has 1 N–H and O–H groups in total. The third kappa shape index (κ3) is 4.85. The van der Waals surface area contributed by atoms with Gasteiger partial charge >= 0.3 is 6.03 Å². The van der Waals surface area contributed by atoms with Gasteiger partial charge in [-0.25, -0.2) is 9.18 Å². The van der Waals surface area contributed by atoms with Gasteiger partial charge in [0, 0.05) is 19.1 Å². The minimum atomic E-state index is -0.268. The number of hydrogen-bond acceptors (Lipinski definition) is 1. The van der Waals surface area contributed by atoms with Crippen molar-refractivity contribution in [2.24, 2.45) is 0 Å². The monoisotopic (exact) mass is 238 g/mol. The predicted molar refractivity (Wildman–Crippen MR) is 66.2 cm³/mol. The van der Waals surface area contributed by atoms with E-state index in [-0.39, 0.29) is 17.4 Å². The van der Waals surface area contributed by atoms with Gasteiger partial charge in [-0.05, 0) is 38.5 Å². The molecule has 0 aliphatic heterocycles. The van der Waals surface area contributed by atoms with Crippen molar-refractivity contribution >= 4 is 6.03 Å². The molecule has 1 rings (SSSR count). The molecule has 2 amide bonds. The number of nitrogens with one attached hydrogen (secondary N) is 1. The molecule has 0 saturated carbocycles. The molecule has 0 spiro atoms. The number of benzene rings is 1. The number of halogens is 1. The number of carbonyl (C=O) groups is 1. The first-order valence-electron chi connectivity index (χ1n) is 5.56. The maximum atomic E-state index is 12.7. The molecule has 0 atom stereocenters. The fourth-order valence-electron chi connectivity index (χ4n) is 1.35. The Bertz CT molecular complexity index is 381. The second-order valence-electron chi connectivity index (χ2n) is 5.16. The molecule has 0 heterocycles. The van der Waals surface area contributed by atoms with Gasteiger partial charge in [0.1, 0.15) is 5.82 Å². The van der Waals surface area contributed by atoms with Crippen LogP contribution in [0.2, 0.25) is 0 Å². The van der Waals surface area contributed by atoms with Gasteiger partial charge in [-0.15, -0.1) is 0 Å². The van der Waals surface area contributed by atoms with Crippen molar-refractivity contribution in [3.05, 3.63) is 35.6 Å². The molecule has 0 fully saturated rings. The minimum absolute atomic E-state index is 0.137. The molecule has 0 aromatic heterocycles. The Kier molecular flexibility index (Phi) is 4.10. The summed E-state index contributed by atoms with van der Waals surface area (Å²) in [6.45, 7) is 6.24. The highest BCUT2D eigenvalue weighted by Gasteiger charge is 2.16. The van der Waals surface area contributed by atoms with Crippen LogP contribution in [0.3, 0.4) is 0 Å². The summed E-state index contributed by atoms with van der Waals surface area (Å²) in [6, 6.07) is 6.00. The SMILES string of the molecule is CN(Cc1ccc(F)cc1)C(=O)NC(C)(C)C. The summed E-state index contributed by atoms with van der Waals surface area (Å²) < 4.78 is 12.7. The van der Waals surface area contributed by atoms with Crippen molar-refractivity contribution in [2.45, 2.75) is 32.9 Å². The first kappa shape index (κ1) is 13.5. The Hall–Kier alpha value is -1.58. The smallest absolute Gasteiger partial charge is 0.317 e. The van der Waals surface area contributed by atoms with Gasteiger partial charge in [0.25, 0.3) is 0 Å². The summed E-state index contributed by atoms with van der Waals surface area (Å²) in [7, 11) is 1.71. The van der Waals surface area contributed by atoms with Crippen LogP contribution in [0.5, 0.6) is 0 Å². The molecular formula is C13H19FN2O. The van der Waals surface area contributed by atoms with Crippen molar-refractivity contribution in [3.8, 4) is 0 Å². The standard InChI is InChI=1S/C13H19FN2O/c1-13(2,3)15-12(17)16(4)9-10-5-7-11(14)8-6-10/h5-8H,9H2,1-4H3,(H,15,17). The summed E-state index contributed by atoms with van der Waals surface area (Å²) in [4.78, 5) is 13.3. The van der Waals surface area contributed by atoms with Crippen molar-refractivity contribution in [1.29, 1.82) is 0 Å². The van der Waals surface area contributed by atoms with Crippen LogP contribution in [0.15, 0.2) is 24.3 Å². The highest BCUT2D eigenvalue weighted by Crippen LogP contribution is 2.07. The van der Waals surface area contributed by atoms with Crippen LogP contribution in [-0.2, 0) is 6.54 Å². The Balaban J connectivity index is 2.57. The van der Waals surface area contributed by atoms with Crippen LogP contribution < -0.4 is 5.32 Å². The third-order valence-corrected chi connectivity index (χ3v) is 2.16. The summed E-state index contributed by atoms with van der Waals surface area (Å²) >= 11 is 0. The lowest BCUT2D eigenvalue weighted by molar-refractivity contribution is 0.197. The molecule has 0 bridgehead atoms. The number of rotatable bonds is 2. The maximum Gasteiger partial charge on any atom is 0.317 e. The van der Waals surface area contributed by atoms with Crippen molar-refractivity contribution in [1.82, 2.24) is 10.2 Å². The van der Waals surface area contributed by atoms with E-state index < -0.39 is 0 Å². The highest BCUT2D eigenvalue weighted by molar-refractivity contribution is 5.74. The molecule has 0 aliphatic rings. The molecule has 17 heavy (non-hydrogen) atoms. The maximum absolute atomic E-state index is 12.7. The second kappa shape index (κ2) is 5.17. The zero-order valence-corrected chi connectivity index (χ0v) is 10.7. The normalized spacial score (nSPS) is 11.1. The van der Waals surface area contributed by atoms with Crippen LogP contribution in [0, 0.1) is 5.82 Å². The van der Waals surface area contributed by atoms with E-state index in [1.807, 2.05) is 20.8 Å². The van der Waals surface area contributed by atoms with E-state index in [1.165, 1.54) is 12.1 Å². The fourth-order valence-corrected chi connectivity index (χ4v) is 1.35. The summed E-state index contributed by atoms with van der Waals surface area (Å²) in [5, 5.41) is 2.86. The molecule has 1 aromatic carbocycles. The van der Waals surface area contributed by atoms with Crippen molar-refractivity contribution in [2.75, 3.05) is 7.05 Å². The number of amides is 2. The van der Waals surface area contributed by atoms with Gasteiger partial charge in [0.15, 0.2) is 0 Å². The number of carbonyl (C=O) groups excluding carboxylic acids is 1. The van der Waals surface area contributed by atoms with Crippen LogP contribution in [0.4, 0.5) is 9.18 Å². The number of hydrogen-bond donors (Lipinski definition) is 1. The minimum Gasteiger partial charge on any atom is -0.333 e. The lowest BCUT2D eigenvalue weighted by Crippen LogP contribution is -2.46. The number of nitrogens with zero attached hydrogens (tertiary/aromatic N) is 1. The van der Waals surface area contributed by atoms with E-state index in [1.54, 1.807) is 24.1 Å². The van der Waals surface area contributed by atoms with Gasteiger partial charge in [-0.3, -0.25) is 0 Å². The van der Waals surface area contributed by atoms with Crippen molar-refractivity contribution in [3.63, 3.8) is 0 Å². The van der Waals surface area contributed by atoms with Gasteiger partial charge in [0.05, 0.1) is 0 Å². The zero-order chi connectivity index (χ0) is 13.1. The molecule has 0 aliphatic carbocycles. The Morgan fingerprint density at radius 1 is 1.29 bits per heavy atom. The summed E-state index contributed by atoms with van der Waals surface area (Å²) in [5.41, 5.74) is 0.645. The second-order valence-corrected chi connectivity index (χ2v) is 5.16. The molecule has 3 nitrogen and oxygen atoms in total. The molecule has 94 valence electrons. The Labute approximate surface area is 102 Å². The molecule has 0 unspecified atom stereocenters. The van der Waals surface area contributed by atoms with E-state index in [2.05, 4.69) is 5.32 Å². The van der Waals surface area contributed by atoms with Crippen LogP contribution >= 0.6 is 0 Å². The van der Waals surface area contributed by atoms with E-state index in [9.17, 15) is 9.18 Å². The van der Waals surface area contributed by atoms with Crippen LogP contribution in [0.25, 0.3) is 0 Å². The topological polar surface area (TPSA) is 32.3 Å². The highest BCUT2D eigenvalue weighted by atomic mass is 19.1. The Morgan fingerprint density at radius 2 is 1.82 bits per heavy atom. The quantitative estimate of drug-likeness (QED) is 0.844. The zero-order valence-electron chi connectivity index (χ0n) is 10.7. The van der Waals surface area contributed by atoms with E-state index in [0.29, 0.717) is 6.54 Å². The van der Waals surface area contributed by atoms with Gasteiger partial charge in [0.2, 0.25) is 0 Å². The average Bonchev–Trinajstić information content (AvgIpc) is 2.19. The Morgan fingerprint density at radius 3 is 2.29 bits per heavy atom. The number of urea groups is 1. The third-order valence-electron chi connectivity index (χ3n) is 2.16. The van der Waals surface area contributed by atoms with E-state index in [0.717, 1.165) is 5.56 Å². The summed E-state index contributed by atoms with van der Waals surface area (Å²) in [5.74, 6) is -0.268. The summed E-state index contributed by atoms with van der Waals surface area (Å²) in [6.07, 6.45) is 0. The lowest BCUT2D eigenvalue weighted by atomic mass is 10.1. The van der Waals surface area contributed by atoms with E-state index >= 15 is 0 Å². The van der Waals surface area contributed by atoms with Gasteiger partial charge in [-0.1, -0.05) is 12.1 Å². The first-order valence-corrected chi connectivity index (χ1v) is 5.56. The molecular weight excluding hydrogens is 219 g/mol. The van der Waals surface area contributed by atoms with Crippen molar-refractivity contribution < 1.29 is 9.18 Å². The first-order chi connectivity index (χ1) is 7.78. The lowest BCUT2D eigenvalue weighted by Gasteiger charge is -2.25.